The number of carbonyl (C=O) groups excluding carboxylic acids is 2. The SMILES string of the molecule is CCOc1cc(/C=C/C(=O)OCC(=O)NC(C)(C)C)ccc1OC. The Kier molecular flexibility index (Phi) is 7.30. The molecule has 0 aliphatic heterocycles. The second-order valence-electron chi connectivity index (χ2n) is 6.08. The lowest BCUT2D eigenvalue weighted by atomic mass is 10.1. The van der Waals surface area contributed by atoms with Crippen LogP contribution in [0, 0.1) is 0 Å². The number of ether oxygens (including phenoxy) is 3. The number of methoxy groups -OCH3 is 1. The predicted molar refractivity (Wildman–Crippen MR) is 92.1 cm³/mol. The molecule has 0 bridgehead atoms. The van der Waals surface area contributed by atoms with E-state index >= 15 is 0 Å². The van der Waals surface area contributed by atoms with Crippen LogP contribution in [0.3, 0.4) is 0 Å². The minimum atomic E-state index is -0.590. The fourth-order valence-electron chi connectivity index (χ4n) is 1.87. The maximum Gasteiger partial charge on any atom is 0.331 e. The molecule has 1 amide bonds. The van der Waals surface area contributed by atoms with Gasteiger partial charge in [-0.3, -0.25) is 4.79 Å². The van der Waals surface area contributed by atoms with E-state index < -0.39 is 5.97 Å². The lowest BCUT2D eigenvalue weighted by Crippen LogP contribution is -2.42. The van der Waals surface area contributed by atoms with E-state index in [4.69, 9.17) is 14.2 Å². The Labute approximate surface area is 142 Å². The third kappa shape index (κ3) is 7.17. The Balaban J connectivity index is 2.60. The average Bonchev–Trinajstić information content (AvgIpc) is 2.50. The summed E-state index contributed by atoms with van der Waals surface area (Å²) in [6.45, 7) is 7.63. The first-order chi connectivity index (χ1) is 11.2. The van der Waals surface area contributed by atoms with Gasteiger partial charge >= 0.3 is 5.97 Å². The molecule has 0 saturated carbocycles. The van der Waals surface area contributed by atoms with Gasteiger partial charge in [-0.05, 0) is 51.5 Å². The molecule has 0 aliphatic rings. The second-order valence-corrected chi connectivity index (χ2v) is 6.08. The van der Waals surface area contributed by atoms with Gasteiger partial charge in [0.1, 0.15) is 0 Å². The van der Waals surface area contributed by atoms with Crippen LogP contribution in [0.15, 0.2) is 24.3 Å². The molecule has 0 atom stereocenters. The minimum Gasteiger partial charge on any atom is -0.493 e. The van der Waals surface area contributed by atoms with Crippen molar-refractivity contribution in [1.29, 1.82) is 0 Å². The van der Waals surface area contributed by atoms with Gasteiger partial charge < -0.3 is 19.5 Å². The largest absolute Gasteiger partial charge is 0.493 e. The zero-order chi connectivity index (χ0) is 18.2. The number of rotatable bonds is 7. The van der Waals surface area contributed by atoms with Crippen LogP contribution in [0.4, 0.5) is 0 Å². The van der Waals surface area contributed by atoms with Gasteiger partial charge in [0, 0.05) is 11.6 Å². The summed E-state index contributed by atoms with van der Waals surface area (Å²) in [4.78, 5) is 23.3. The Hall–Kier alpha value is -2.50. The lowest BCUT2D eigenvalue weighted by Gasteiger charge is -2.20. The third-order valence-corrected chi connectivity index (χ3v) is 2.76. The van der Waals surface area contributed by atoms with E-state index in [0.717, 1.165) is 5.56 Å². The van der Waals surface area contributed by atoms with E-state index in [9.17, 15) is 9.59 Å². The fraction of sp³-hybridized carbons (Fsp3) is 0.444. The minimum absolute atomic E-state index is 0.312. The van der Waals surface area contributed by atoms with Gasteiger partial charge in [-0.2, -0.15) is 0 Å². The highest BCUT2D eigenvalue weighted by atomic mass is 16.5. The molecule has 132 valence electrons. The van der Waals surface area contributed by atoms with Crippen LogP contribution in [0.5, 0.6) is 11.5 Å². The van der Waals surface area contributed by atoms with Crippen molar-refractivity contribution in [1.82, 2.24) is 5.32 Å². The highest BCUT2D eigenvalue weighted by Gasteiger charge is 2.14. The van der Waals surface area contributed by atoms with Gasteiger partial charge in [0.15, 0.2) is 18.1 Å². The number of nitrogens with one attached hydrogen (secondary N) is 1. The van der Waals surface area contributed by atoms with Crippen LogP contribution in [0.2, 0.25) is 0 Å². The maximum atomic E-state index is 11.7. The molecule has 0 unspecified atom stereocenters. The normalized spacial score (nSPS) is 11.2. The summed E-state index contributed by atoms with van der Waals surface area (Å²) < 4.78 is 15.6. The predicted octanol–water partition coefficient (Wildman–Crippen LogP) is 2.57. The molecule has 24 heavy (non-hydrogen) atoms. The molecule has 0 spiro atoms. The molecule has 0 aromatic heterocycles. The van der Waals surface area contributed by atoms with E-state index in [-0.39, 0.29) is 18.1 Å². The number of hydrogen-bond donors (Lipinski definition) is 1. The Bertz CT molecular complexity index is 602. The zero-order valence-corrected chi connectivity index (χ0v) is 14.8. The smallest absolute Gasteiger partial charge is 0.331 e. The van der Waals surface area contributed by atoms with E-state index in [2.05, 4.69) is 5.32 Å². The third-order valence-electron chi connectivity index (χ3n) is 2.76. The van der Waals surface area contributed by atoms with Crippen LogP contribution in [-0.4, -0.2) is 37.7 Å². The topological polar surface area (TPSA) is 73.9 Å². The Morgan fingerprint density at radius 2 is 1.92 bits per heavy atom. The zero-order valence-electron chi connectivity index (χ0n) is 14.8. The van der Waals surface area contributed by atoms with Gasteiger partial charge in [0.2, 0.25) is 0 Å². The van der Waals surface area contributed by atoms with Gasteiger partial charge in [-0.25, -0.2) is 4.79 Å². The van der Waals surface area contributed by atoms with Crippen LogP contribution in [0.25, 0.3) is 6.08 Å². The summed E-state index contributed by atoms with van der Waals surface area (Å²) in [6, 6.07) is 5.31. The van der Waals surface area contributed by atoms with Gasteiger partial charge in [0.25, 0.3) is 5.91 Å². The molecular formula is C18H25NO5. The van der Waals surface area contributed by atoms with Gasteiger partial charge in [-0.15, -0.1) is 0 Å². The molecule has 6 heteroatoms. The van der Waals surface area contributed by atoms with Crippen molar-refractivity contribution in [3.8, 4) is 11.5 Å². The molecule has 6 nitrogen and oxygen atoms in total. The first-order valence-electron chi connectivity index (χ1n) is 7.72. The number of esters is 1. The van der Waals surface area contributed by atoms with Gasteiger partial charge in [-0.1, -0.05) is 6.07 Å². The number of amides is 1. The Morgan fingerprint density at radius 1 is 1.21 bits per heavy atom. The van der Waals surface area contributed by atoms with Gasteiger partial charge in [0.05, 0.1) is 13.7 Å². The lowest BCUT2D eigenvalue weighted by molar-refractivity contribution is -0.144. The molecule has 1 aromatic carbocycles. The van der Waals surface area contributed by atoms with E-state index in [1.165, 1.54) is 6.08 Å². The molecule has 1 rings (SSSR count). The molecule has 1 N–H and O–H groups in total. The van der Waals surface area contributed by atoms with Crippen molar-refractivity contribution < 1.29 is 23.8 Å². The van der Waals surface area contributed by atoms with Crippen LogP contribution < -0.4 is 14.8 Å². The second kappa shape index (κ2) is 8.96. The number of carbonyl (C=O) groups is 2. The van der Waals surface area contributed by atoms with Crippen molar-refractivity contribution >= 4 is 18.0 Å². The van der Waals surface area contributed by atoms with Crippen LogP contribution in [0.1, 0.15) is 33.3 Å². The molecule has 0 heterocycles. The average molecular weight is 335 g/mol. The highest BCUT2D eigenvalue weighted by Crippen LogP contribution is 2.28. The van der Waals surface area contributed by atoms with E-state index in [1.807, 2.05) is 27.7 Å². The summed E-state index contributed by atoms with van der Waals surface area (Å²) in [7, 11) is 1.56. The standard InChI is InChI=1S/C18H25NO5/c1-6-23-15-11-13(7-9-14(15)22-5)8-10-17(21)24-12-16(20)19-18(2,3)4/h7-11H,6,12H2,1-5H3,(H,19,20)/b10-8+. The summed E-state index contributed by atoms with van der Waals surface area (Å²) in [6.07, 6.45) is 2.86. The fourth-order valence-corrected chi connectivity index (χ4v) is 1.87. The van der Waals surface area contributed by atoms with E-state index in [0.29, 0.717) is 18.1 Å². The summed E-state index contributed by atoms with van der Waals surface area (Å²) in [5.41, 5.74) is 0.397. The summed E-state index contributed by atoms with van der Waals surface area (Å²) >= 11 is 0. The summed E-state index contributed by atoms with van der Waals surface area (Å²) in [5.74, 6) is 0.288. The first kappa shape index (κ1) is 19.5. The van der Waals surface area contributed by atoms with Crippen molar-refractivity contribution in [2.24, 2.45) is 0 Å². The number of benzene rings is 1. The number of hydrogen-bond acceptors (Lipinski definition) is 5. The molecular weight excluding hydrogens is 310 g/mol. The van der Waals surface area contributed by atoms with Crippen LogP contribution in [-0.2, 0) is 14.3 Å². The monoisotopic (exact) mass is 335 g/mol. The van der Waals surface area contributed by atoms with Crippen LogP contribution >= 0.6 is 0 Å². The quantitative estimate of drug-likeness (QED) is 0.612. The summed E-state index contributed by atoms with van der Waals surface area (Å²) in [5, 5.41) is 2.71. The molecule has 0 saturated heterocycles. The van der Waals surface area contributed by atoms with E-state index in [1.54, 1.807) is 31.4 Å². The highest BCUT2D eigenvalue weighted by molar-refractivity contribution is 5.89. The molecule has 0 fully saturated rings. The first-order valence-corrected chi connectivity index (χ1v) is 7.72. The van der Waals surface area contributed by atoms with Crippen molar-refractivity contribution in [2.45, 2.75) is 33.2 Å². The molecule has 1 aromatic rings. The Morgan fingerprint density at radius 3 is 2.50 bits per heavy atom. The van der Waals surface area contributed by atoms with Crippen molar-refractivity contribution in [2.75, 3.05) is 20.3 Å². The molecule has 0 radical (unpaired) electrons. The van der Waals surface area contributed by atoms with Crippen molar-refractivity contribution in [3.05, 3.63) is 29.8 Å². The molecule has 0 aliphatic carbocycles. The van der Waals surface area contributed by atoms with Crippen molar-refractivity contribution in [3.63, 3.8) is 0 Å². The maximum absolute atomic E-state index is 11.7.